The van der Waals surface area contributed by atoms with Gasteiger partial charge in [-0.05, 0) is 46.3 Å². The summed E-state index contributed by atoms with van der Waals surface area (Å²) in [6, 6.07) is 4.34. The van der Waals surface area contributed by atoms with Crippen LogP contribution in [-0.4, -0.2) is 4.98 Å². The van der Waals surface area contributed by atoms with Crippen LogP contribution in [-0.2, 0) is 0 Å². The van der Waals surface area contributed by atoms with Crippen molar-refractivity contribution in [1.82, 2.24) is 4.98 Å². The fourth-order valence-electron chi connectivity index (χ4n) is 2.97. The Morgan fingerprint density at radius 2 is 1.48 bits per heavy atom. The molecule has 1 heterocycles. The molecule has 21 heavy (non-hydrogen) atoms. The van der Waals surface area contributed by atoms with E-state index in [4.69, 9.17) is 0 Å². The van der Waals surface area contributed by atoms with E-state index in [9.17, 15) is 0 Å². The molecule has 1 aromatic heterocycles. The van der Waals surface area contributed by atoms with Crippen molar-refractivity contribution < 1.29 is 0 Å². The first kappa shape index (κ1) is 18.7. The van der Waals surface area contributed by atoms with Crippen LogP contribution < -0.4 is 0 Å². The van der Waals surface area contributed by atoms with Gasteiger partial charge in [-0.25, -0.2) is 4.98 Å². The minimum absolute atomic E-state index is 0.687. The van der Waals surface area contributed by atoms with E-state index < -0.39 is 0 Å². The topological polar surface area (TPSA) is 12.9 Å². The molecule has 0 saturated heterocycles. The molecule has 120 valence electrons. The fourth-order valence-corrected chi connectivity index (χ4v) is 3.54. The summed E-state index contributed by atoms with van der Waals surface area (Å²) in [6.45, 7) is 4.56. The van der Waals surface area contributed by atoms with Crippen molar-refractivity contribution >= 4 is 15.9 Å². The molecular formula is C19H32BrN. The first-order chi connectivity index (χ1) is 10.3. The van der Waals surface area contributed by atoms with Gasteiger partial charge in [0.2, 0.25) is 0 Å². The van der Waals surface area contributed by atoms with Crippen molar-refractivity contribution in [1.29, 1.82) is 0 Å². The van der Waals surface area contributed by atoms with Crippen molar-refractivity contribution in [2.75, 3.05) is 0 Å². The highest BCUT2D eigenvalue weighted by Crippen LogP contribution is 2.32. The van der Waals surface area contributed by atoms with Crippen LogP contribution in [0.3, 0.4) is 0 Å². The Hall–Kier alpha value is -0.370. The minimum Gasteiger partial charge on any atom is -0.249 e. The second-order valence-corrected chi connectivity index (χ2v) is 6.88. The fraction of sp³-hybridized carbons (Fsp3) is 0.737. The normalized spacial score (nSPS) is 12.5. The predicted octanol–water partition coefficient (Wildman–Crippen LogP) is 7.26. The van der Waals surface area contributed by atoms with E-state index in [2.05, 4.69) is 46.9 Å². The van der Waals surface area contributed by atoms with Crippen LogP contribution in [0.5, 0.6) is 0 Å². The second kappa shape index (κ2) is 12.2. The van der Waals surface area contributed by atoms with Crippen LogP contribution in [0.2, 0.25) is 0 Å². The Morgan fingerprint density at radius 1 is 0.905 bits per heavy atom. The van der Waals surface area contributed by atoms with Crippen LogP contribution in [0.15, 0.2) is 22.9 Å². The molecular weight excluding hydrogens is 322 g/mol. The van der Waals surface area contributed by atoms with Crippen molar-refractivity contribution in [3.05, 3.63) is 28.5 Å². The van der Waals surface area contributed by atoms with Crippen LogP contribution in [0.1, 0.15) is 96.0 Å². The van der Waals surface area contributed by atoms with Gasteiger partial charge in [0.05, 0.1) is 0 Å². The maximum atomic E-state index is 4.42. The molecule has 0 bridgehead atoms. The summed E-state index contributed by atoms with van der Waals surface area (Å²) < 4.78 is 1.05. The van der Waals surface area contributed by atoms with Gasteiger partial charge < -0.3 is 0 Å². The summed E-state index contributed by atoms with van der Waals surface area (Å²) in [5, 5.41) is 0. The summed E-state index contributed by atoms with van der Waals surface area (Å²) in [5.74, 6) is 0.687. The number of hydrogen-bond donors (Lipinski definition) is 0. The largest absolute Gasteiger partial charge is 0.249 e. The summed E-state index contributed by atoms with van der Waals surface area (Å²) in [6.07, 6.45) is 16.8. The van der Waals surface area contributed by atoms with Crippen LogP contribution in [0.4, 0.5) is 0 Å². The SMILES string of the molecule is CCCCCCCC(CCCCCC)c1cccnc1Br. The molecule has 0 aliphatic carbocycles. The van der Waals surface area contributed by atoms with E-state index in [1.165, 1.54) is 76.2 Å². The van der Waals surface area contributed by atoms with Crippen LogP contribution in [0, 0.1) is 0 Å². The highest BCUT2D eigenvalue weighted by atomic mass is 79.9. The van der Waals surface area contributed by atoms with E-state index in [1.807, 2.05) is 6.20 Å². The van der Waals surface area contributed by atoms with Gasteiger partial charge in [0.15, 0.2) is 0 Å². The van der Waals surface area contributed by atoms with E-state index in [0.29, 0.717) is 5.92 Å². The first-order valence-electron chi connectivity index (χ1n) is 8.90. The molecule has 1 unspecified atom stereocenters. The number of halogens is 1. The van der Waals surface area contributed by atoms with Gasteiger partial charge in [0, 0.05) is 6.20 Å². The van der Waals surface area contributed by atoms with Crippen LogP contribution in [0.25, 0.3) is 0 Å². The molecule has 0 amide bonds. The van der Waals surface area contributed by atoms with Crippen molar-refractivity contribution in [2.24, 2.45) is 0 Å². The Labute approximate surface area is 140 Å². The number of rotatable bonds is 12. The third kappa shape index (κ3) is 7.99. The maximum Gasteiger partial charge on any atom is 0.109 e. The van der Waals surface area contributed by atoms with Gasteiger partial charge in [-0.3, -0.25) is 0 Å². The van der Waals surface area contributed by atoms with Gasteiger partial charge >= 0.3 is 0 Å². The first-order valence-corrected chi connectivity index (χ1v) is 9.69. The molecule has 0 aliphatic heterocycles. The average molecular weight is 354 g/mol. The summed E-state index contributed by atoms with van der Waals surface area (Å²) in [7, 11) is 0. The minimum atomic E-state index is 0.687. The highest BCUT2D eigenvalue weighted by molar-refractivity contribution is 9.10. The third-order valence-corrected chi connectivity index (χ3v) is 4.95. The van der Waals surface area contributed by atoms with Gasteiger partial charge in [-0.2, -0.15) is 0 Å². The molecule has 1 nitrogen and oxygen atoms in total. The lowest BCUT2D eigenvalue weighted by Gasteiger charge is -2.18. The predicted molar refractivity (Wildman–Crippen MR) is 96.8 cm³/mol. The summed E-state index contributed by atoms with van der Waals surface area (Å²) in [4.78, 5) is 4.42. The Morgan fingerprint density at radius 3 is 2.05 bits per heavy atom. The molecule has 0 aromatic carbocycles. The van der Waals surface area contributed by atoms with Gasteiger partial charge in [-0.15, -0.1) is 0 Å². The molecule has 2 heteroatoms. The van der Waals surface area contributed by atoms with Crippen molar-refractivity contribution in [2.45, 2.75) is 90.4 Å². The lowest BCUT2D eigenvalue weighted by atomic mass is 9.89. The zero-order valence-corrected chi connectivity index (χ0v) is 15.5. The lowest BCUT2D eigenvalue weighted by Crippen LogP contribution is -2.02. The second-order valence-electron chi connectivity index (χ2n) is 6.13. The number of unbranched alkanes of at least 4 members (excludes halogenated alkanes) is 7. The molecule has 0 saturated carbocycles. The van der Waals surface area contributed by atoms with Gasteiger partial charge in [0.25, 0.3) is 0 Å². The summed E-state index contributed by atoms with van der Waals surface area (Å²) in [5.41, 5.74) is 1.42. The zero-order valence-electron chi connectivity index (χ0n) is 13.9. The molecule has 1 rings (SSSR count). The van der Waals surface area contributed by atoms with Crippen LogP contribution >= 0.6 is 15.9 Å². The molecule has 0 fully saturated rings. The number of aromatic nitrogens is 1. The van der Waals surface area contributed by atoms with Gasteiger partial charge in [-0.1, -0.05) is 77.7 Å². The molecule has 1 atom stereocenters. The van der Waals surface area contributed by atoms with E-state index >= 15 is 0 Å². The Bertz CT molecular complexity index is 364. The molecule has 0 spiro atoms. The highest BCUT2D eigenvalue weighted by Gasteiger charge is 2.14. The quantitative estimate of drug-likeness (QED) is 0.284. The smallest absolute Gasteiger partial charge is 0.109 e. The number of pyridine rings is 1. The van der Waals surface area contributed by atoms with Crippen molar-refractivity contribution in [3.8, 4) is 0 Å². The number of hydrogen-bond acceptors (Lipinski definition) is 1. The Kier molecular flexibility index (Phi) is 10.9. The lowest BCUT2D eigenvalue weighted by molar-refractivity contribution is 0.491. The van der Waals surface area contributed by atoms with E-state index in [0.717, 1.165) is 4.60 Å². The standard InChI is InChI=1S/C19H32BrN/c1-3-5-7-9-11-14-17(13-10-8-6-4-2)18-15-12-16-21-19(18)20/h12,15-17H,3-11,13-14H2,1-2H3. The third-order valence-electron chi connectivity index (χ3n) is 4.29. The molecule has 0 radical (unpaired) electrons. The molecule has 0 aliphatic rings. The maximum absolute atomic E-state index is 4.42. The molecule has 1 aromatic rings. The number of nitrogens with zero attached hydrogens (tertiary/aromatic N) is 1. The zero-order chi connectivity index (χ0) is 15.3. The van der Waals surface area contributed by atoms with Crippen molar-refractivity contribution in [3.63, 3.8) is 0 Å². The van der Waals surface area contributed by atoms with Gasteiger partial charge in [0.1, 0.15) is 4.60 Å². The monoisotopic (exact) mass is 353 g/mol. The van der Waals surface area contributed by atoms with E-state index in [-0.39, 0.29) is 0 Å². The molecule has 0 N–H and O–H groups in total. The Balaban J connectivity index is 2.47. The average Bonchev–Trinajstić information content (AvgIpc) is 2.50. The summed E-state index contributed by atoms with van der Waals surface area (Å²) >= 11 is 3.64. The van der Waals surface area contributed by atoms with E-state index in [1.54, 1.807) is 0 Å².